The maximum absolute atomic E-state index is 12.7. The Morgan fingerprint density at radius 2 is 1.74 bits per heavy atom. The molecule has 2 heterocycles. The molecule has 1 fully saturated rings. The molecule has 0 unspecified atom stereocenters. The number of ether oxygens (including phenoxy) is 3. The van der Waals surface area contributed by atoms with Crippen LogP contribution in [0.1, 0.15) is 25.7 Å². The highest BCUT2D eigenvalue weighted by Gasteiger charge is 2.27. The van der Waals surface area contributed by atoms with Crippen molar-refractivity contribution in [3.05, 3.63) is 48.5 Å². The number of nitrogens with zero attached hydrogens (tertiary/aromatic N) is 1. The van der Waals surface area contributed by atoms with E-state index in [1.165, 1.54) is 0 Å². The highest BCUT2D eigenvalue weighted by Crippen LogP contribution is 2.32. The van der Waals surface area contributed by atoms with Crippen LogP contribution in [-0.2, 0) is 9.59 Å². The molecule has 2 aromatic carbocycles. The Balaban J connectivity index is 1.21. The van der Waals surface area contributed by atoms with Gasteiger partial charge in [-0.3, -0.25) is 9.59 Å². The van der Waals surface area contributed by atoms with Crippen LogP contribution in [0.2, 0.25) is 0 Å². The molecule has 2 amide bonds. The minimum Gasteiger partial charge on any atom is -0.493 e. The quantitative estimate of drug-likeness (QED) is 0.768. The van der Waals surface area contributed by atoms with Crippen molar-refractivity contribution in [1.82, 2.24) is 4.90 Å². The fourth-order valence-electron chi connectivity index (χ4n) is 3.81. The van der Waals surface area contributed by atoms with Gasteiger partial charge in [0.1, 0.15) is 5.75 Å². The summed E-state index contributed by atoms with van der Waals surface area (Å²) in [6, 6.07) is 14.9. The van der Waals surface area contributed by atoms with E-state index < -0.39 is 0 Å². The average molecular weight is 424 g/mol. The third-order valence-corrected chi connectivity index (χ3v) is 5.56. The second-order valence-electron chi connectivity index (χ2n) is 7.77. The van der Waals surface area contributed by atoms with E-state index in [0.717, 1.165) is 12.2 Å². The van der Waals surface area contributed by atoms with E-state index in [2.05, 4.69) is 5.32 Å². The van der Waals surface area contributed by atoms with Gasteiger partial charge in [0, 0.05) is 37.2 Å². The number of nitrogens with one attached hydrogen (secondary N) is 1. The summed E-state index contributed by atoms with van der Waals surface area (Å²) in [7, 11) is 0. The van der Waals surface area contributed by atoms with Gasteiger partial charge in [0.2, 0.25) is 11.8 Å². The van der Waals surface area contributed by atoms with Crippen LogP contribution in [0.5, 0.6) is 17.2 Å². The molecule has 164 valence electrons. The van der Waals surface area contributed by atoms with E-state index in [1.807, 2.05) is 53.4 Å². The van der Waals surface area contributed by atoms with Crippen molar-refractivity contribution in [2.45, 2.75) is 25.7 Å². The molecule has 2 aliphatic rings. The van der Waals surface area contributed by atoms with E-state index in [0.29, 0.717) is 69.4 Å². The molecule has 0 atom stereocenters. The van der Waals surface area contributed by atoms with Crippen molar-refractivity contribution in [3.63, 3.8) is 0 Å². The summed E-state index contributed by atoms with van der Waals surface area (Å²) >= 11 is 0. The van der Waals surface area contributed by atoms with E-state index in [4.69, 9.17) is 14.2 Å². The molecule has 0 aromatic heterocycles. The topological polar surface area (TPSA) is 77.1 Å². The number of hydrogen-bond acceptors (Lipinski definition) is 5. The third kappa shape index (κ3) is 5.69. The van der Waals surface area contributed by atoms with E-state index >= 15 is 0 Å². The Labute approximate surface area is 182 Å². The molecule has 1 N–H and O–H groups in total. The number of hydrogen-bond donors (Lipinski definition) is 1. The Morgan fingerprint density at radius 3 is 2.52 bits per heavy atom. The standard InChI is InChI=1S/C24H28N2O5/c27-23(11-16-29-20-5-2-1-3-6-20)26-12-9-18(10-13-26)24(28)25-19-7-8-21-22(17-19)31-15-4-14-30-21/h1-3,5-8,17-18H,4,9-16H2,(H,25,28). The highest BCUT2D eigenvalue weighted by molar-refractivity contribution is 5.93. The minimum absolute atomic E-state index is 0.0194. The number of rotatable bonds is 6. The van der Waals surface area contributed by atoms with Crippen LogP contribution in [0, 0.1) is 5.92 Å². The normalized spacial score (nSPS) is 16.3. The Hall–Kier alpha value is -3.22. The van der Waals surface area contributed by atoms with Crippen molar-refractivity contribution < 1.29 is 23.8 Å². The van der Waals surface area contributed by atoms with Crippen LogP contribution in [0.25, 0.3) is 0 Å². The van der Waals surface area contributed by atoms with Gasteiger partial charge in [-0.2, -0.15) is 0 Å². The van der Waals surface area contributed by atoms with Gasteiger partial charge in [0.25, 0.3) is 0 Å². The molecule has 0 spiro atoms. The van der Waals surface area contributed by atoms with Gasteiger partial charge >= 0.3 is 0 Å². The lowest BCUT2D eigenvalue weighted by Crippen LogP contribution is -2.41. The number of para-hydroxylation sites is 1. The van der Waals surface area contributed by atoms with Crippen LogP contribution in [-0.4, -0.2) is 49.6 Å². The van der Waals surface area contributed by atoms with E-state index in [1.54, 1.807) is 0 Å². The fourth-order valence-corrected chi connectivity index (χ4v) is 3.81. The smallest absolute Gasteiger partial charge is 0.227 e. The van der Waals surface area contributed by atoms with E-state index in [-0.39, 0.29) is 17.7 Å². The molecule has 7 heteroatoms. The molecule has 2 aliphatic heterocycles. The van der Waals surface area contributed by atoms with Crippen LogP contribution in [0.4, 0.5) is 5.69 Å². The summed E-state index contributed by atoms with van der Waals surface area (Å²) in [4.78, 5) is 27.0. The third-order valence-electron chi connectivity index (χ3n) is 5.56. The number of fused-ring (bicyclic) bond motifs is 1. The van der Waals surface area contributed by atoms with Gasteiger partial charge in [0.15, 0.2) is 11.5 Å². The minimum atomic E-state index is -0.111. The van der Waals surface area contributed by atoms with Crippen molar-refractivity contribution >= 4 is 17.5 Å². The molecular formula is C24H28N2O5. The van der Waals surface area contributed by atoms with Crippen LogP contribution >= 0.6 is 0 Å². The van der Waals surface area contributed by atoms with Crippen LogP contribution in [0.15, 0.2) is 48.5 Å². The molecule has 0 radical (unpaired) electrons. The zero-order valence-electron chi connectivity index (χ0n) is 17.5. The first-order valence-electron chi connectivity index (χ1n) is 10.9. The monoisotopic (exact) mass is 424 g/mol. The fraction of sp³-hybridized carbons (Fsp3) is 0.417. The first kappa shape index (κ1) is 21.0. The second kappa shape index (κ2) is 10.2. The summed E-state index contributed by atoms with van der Waals surface area (Å²) in [6.45, 7) is 2.77. The molecule has 0 bridgehead atoms. The number of carbonyl (C=O) groups is 2. The number of piperidine rings is 1. The predicted octanol–water partition coefficient (Wildman–Crippen LogP) is 3.49. The van der Waals surface area contributed by atoms with Crippen LogP contribution < -0.4 is 19.5 Å². The molecular weight excluding hydrogens is 396 g/mol. The number of carbonyl (C=O) groups excluding carboxylic acids is 2. The number of benzene rings is 2. The number of amides is 2. The van der Waals surface area contributed by atoms with Gasteiger partial charge in [0.05, 0.1) is 26.2 Å². The maximum Gasteiger partial charge on any atom is 0.227 e. The molecule has 4 rings (SSSR count). The van der Waals surface area contributed by atoms with Crippen LogP contribution in [0.3, 0.4) is 0 Å². The predicted molar refractivity (Wildman–Crippen MR) is 117 cm³/mol. The average Bonchev–Trinajstić information content (AvgIpc) is 3.05. The number of likely N-dealkylation sites (tertiary alicyclic amines) is 1. The molecule has 0 saturated carbocycles. The summed E-state index contributed by atoms with van der Waals surface area (Å²) in [6.07, 6.45) is 2.48. The maximum atomic E-state index is 12.7. The summed E-state index contributed by atoms with van der Waals surface area (Å²) in [5.41, 5.74) is 0.700. The van der Waals surface area contributed by atoms with Gasteiger partial charge < -0.3 is 24.4 Å². The first-order chi connectivity index (χ1) is 15.2. The Morgan fingerprint density at radius 1 is 1.00 bits per heavy atom. The lowest BCUT2D eigenvalue weighted by atomic mass is 9.95. The molecule has 31 heavy (non-hydrogen) atoms. The SMILES string of the molecule is O=C(Nc1ccc2c(c1)OCCCO2)C1CCN(C(=O)CCOc2ccccc2)CC1. The number of anilines is 1. The van der Waals surface area contributed by atoms with Gasteiger partial charge in [-0.15, -0.1) is 0 Å². The van der Waals surface area contributed by atoms with Crippen molar-refractivity contribution in [3.8, 4) is 17.2 Å². The lowest BCUT2D eigenvalue weighted by Gasteiger charge is -2.31. The zero-order valence-corrected chi connectivity index (χ0v) is 17.5. The zero-order chi connectivity index (χ0) is 21.5. The Bertz CT molecular complexity index is 894. The van der Waals surface area contributed by atoms with Crippen molar-refractivity contribution in [2.24, 2.45) is 5.92 Å². The van der Waals surface area contributed by atoms with Gasteiger partial charge in [-0.25, -0.2) is 0 Å². The van der Waals surface area contributed by atoms with Crippen molar-refractivity contribution in [1.29, 1.82) is 0 Å². The Kier molecular flexibility index (Phi) is 6.92. The van der Waals surface area contributed by atoms with E-state index in [9.17, 15) is 9.59 Å². The molecule has 7 nitrogen and oxygen atoms in total. The molecule has 2 aromatic rings. The van der Waals surface area contributed by atoms with Gasteiger partial charge in [-0.05, 0) is 37.1 Å². The molecule has 0 aliphatic carbocycles. The first-order valence-corrected chi connectivity index (χ1v) is 10.9. The summed E-state index contributed by atoms with van der Waals surface area (Å²) in [5.74, 6) is 2.07. The largest absolute Gasteiger partial charge is 0.493 e. The van der Waals surface area contributed by atoms with Gasteiger partial charge in [-0.1, -0.05) is 18.2 Å². The highest BCUT2D eigenvalue weighted by atomic mass is 16.5. The second-order valence-corrected chi connectivity index (χ2v) is 7.77. The summed E-state index contributed by atoms with van der Waals surface area (Å²) < 4.78 is 16.9. The van der Waals surface area contributed by atoms with Crippen molar-refractivity contribution in [2.75, 3.05) is 38.2 Å². The molecule has 1 saturated heterocycles. The lowest BCUT2D eigenvalue weighted by molar-refractivity contribution is -0.135. The summed E-state index contributed by atoms with van der Waals surface area (Å²) in [5, 5.41) is 2.98.